The molecule has 7 heteroatoms. The van der Waals surface area contributed by atoms with Gasteiger partial charge in [0.25, 0.3) is 0 Å². The summed E-state index contributed by atoms with van der Waals surface area (Å²) < 4.78 is 40.9. The van der Waals surface area contributed by atoms with Crippen LogP contribution in [0.15, 0.2) is 12.1 Å². The minimum atomic E-state index is -4.34. The Bertz CT molecular complexity index is 433. The van der Waals surface area contributed by atoms with E-state index in [9.17, 15) is 18.0 Å². The maximum absolute atomic E-state index is 12.0. The fourth-order valence-corrected chi connectivity index (χ4v) is 1.28. The summed E-state index contributed by atoms with van der Waals surface area (Å²) in [6.45, 7) is 2.23. The topological polar surface area (TPSA) is 51.2 Å². The summed E-state index contributed by atoms with van der Waals surface area (Å²) in [6, 6.07) is 2.69. The summed E-state index contributed by atoms with van der Waals surface area (Å²) in [6.07, 6.45) is -4.34. The van der Waals surface area contributed by atoms with Gasteiger partial charge in [0.15, 0.2) is 0 Å². The summed E-state index contributed by atoms with van der Waals surface area (Å²) in [5.74, 6) is -0.589. The summed E-state index contributed by atoms with van der Waals surface area (Å²) in [5, 5.41) is 2.12. The Morgan fingerprint density at radius 3 is 2.67 bits per heavy atom. The van der Waals surface area contributed by atoms with Gasteiger partial charge in [0.2, 0.25) is 0 Å². The van der Waals surface area contributed by atoms with Crippen molar-refractivity contribution in [3.8, 4) is 0 Å². The Hall–Kier alpha value is -1.79. The number of carbonyl (C=O) groups is 1. The summed E-state index contributed by atoms with van der Waals surface area (Å²) in [5.41, 5.74) is 0.610. The molecule has 1 aromatic rings. The third kappa shape index (κ3) is 4.60. The molecule has 0 fully saturated rings. The van der Waals surface area contributed by atoms with Gasteiger partial charge in [0.05, 0.1) is 12.2 Å². The Kier molecular flexibility index (Phi) is 4.52. The first-order chi connectivity index (χ1) is 8.31. The van der Waals surface area contributed by atoms with Gasteiger partial charge >= 0.3 is 12.1 Å². The SMILES string of the molecule is CCOC(=O)c1cc(C)nc(NCC(F)(F)F)c1. The quantitative estimate of drug-likeness (QED) is 0.847. The first kappa shape index (κ1) is 14.3. The standard InChI is InChI=1S/C11H13F3N2O2/c1-3-18-10(17)8-4-7(2)16-9(5-8)15-6-11(12,13)14/h4-5H,3,6H2,1-2H3,(H,15,16). The molecule has 0 bridgehead atoms. The van der Waals surface area contributed by atoms with Gasteiger partial charge in [-0.25, -0.2) is 9.78 Å². The van der Waals surface area contributed by atoms with Crippen molar-refractivity contribution in [3.63, 3.8) is 0 Å². The number of pyridine rings is 1. The van der Waals surface area contributed by atoms with Crippen molar-refractivity contribution in [2.24, 2.45) is 0 Å². The highest BCUT2D eigenvalue weighted by Gasteiger charge is 2.27. The van der Waals surface area contributed by atoms with Gasteiger partial charge in [-0.3, -0.25) is 0 Å². The van der Waals surface area contributed by atoms with E-state index in [1.807, 2.05) is 0 Å². The zero-order chi connectivity index (χ0) is 13.8. The van der Waals surface area contributed by atoms with Crippen LogP contribution in [0.3, 0.4) is 0 Å². The van der Waals surface area contributed by atoms with E-state index < -0.39 is 18.7 Å². The van der Waals surface area contributed by atoms with Crippen LogP contribution in [0.5, 0.6) is 0 Å². The molecular formula is C11H13F3N2O2. The molecule has 4 nitrogen and oxygen atoms in total. The highest BCUT2D eigenvalue weighted by atomic mass is 19.4. The molecule has 0 aliphatic carbocycles. The van der Waals surface area contributed by atoms with Gasteiger partial charge < -0.3 is 10.1 Å². The zero-order valence-electron chi connectivity index (χ0n) is 9.97. The van der Waals surface area contributed by atoms with Gasteiger partial charge in [-0.15, -0.1) is 0 Å². The molecule has 0 amide bonds. The molecule has 1 N–H and O–H groups in total. The smallest absolute Gasteiger partial charge is 0.405 e. The van der Waals surface area contributed by atoms with Crippen LogP contribution in [0.2, 0.25) is 0 Å². The van der Waals surface area contributed by atoms with Crippen molar-refractivity contribution < 1.29 is 22.7 Å². The number of anilines is 1. The molecule has 0 aliphatic rings. The van der Waals surface area contributed by atoms with Crippen molar-refractivity contribution in [3.05, 3.63) is 23.4 Å². The van der Waals surface area contributed by atoms with Crippen molar-refractivity contribution in [2.75, 3.05) is 18.5 Å². The average molecular weight is 262 g/mol. The fraction of sp³-hybridized carbons (Fsp3) is 0.455. The molecule has 100 valence electrons. The first-order valence-electron chi connectivity index (χ1n) is 5.28. The number of carbonyl (C=O) groups excluding carboxylic acids is 1. The molecule has 0 unspecified atom stereocenters. The largest absolute Gasteiger partial charge is 0.462 e. The van der Waals surface area contributed by atoms with E-state index in [0.29, 0.717) is 5.69 Å². The van der Waals surface area contributed by atoms with Gasteiger partial charge in [-0.05, 0) is 26.0 Å². The molecule has 1 aromatic heterocycles. The molecule has 1 rings (SSSR count). The molecule has 0 radical (unpaired) electrons. The lowest BCUT2D eigenvalue weighted by Gasteiger charge is -2.10. The van der Waals surface area contributed by atoms with Crippen LogP contribution in [0, 0.1) is 6.92 Å². The third-order valence-electron chi connectivity index (χ3n) is 1.93. The fourth-order valence-electron chi connectivity index (χ4n) is 1.28. The lowest BCUT2D eigenvalue weighted by atomic mass is 10.2. The molecular weight excluding hydrogens is 249 g/mol. The lowest BCUT2D eigenvalue weighted by Crippen LogP contribution is -2.22. The maximum Gasteiger partial charge on any atom is 0.405 e. The number of ether oxygens (including phenoxy) is 1. The molecule has 0 saturated heterocycles. The Labute approximate surface area is 102 Å². The lowest BCUT2D eigenvalue weighted by molar-refractivity contribution is -0.115. The van der Waals surface area contributed by atoms with Crippen LogP contribution >= 0.6 is 0 Å². The Morgan fingerprint density at radius 1 is 1.44 bits per heavy atom. The van der Waals surface area contributed by atoms with Crippen LogP contribution in [-0.2, 0) is 4.74 Å². The summed E-state index contributed by atoms with van der Waals surface area (Å²) in [7, 11) is 0. The maximum atomic E-state index is 12.0. The average Bonchev–Trinajstić information content (AvgIpc) is 2.25. The van der Waals surface area contributed by atoms with Gasteiger partial charge in [0.1, 0.15) is 12.4 Å². The highest BCUT2D eigenvalue weighted by molar-refractivity contribution is 5.90. The van der Waals surface area contributed by atoms with Gasteiger partial charge in [0, 0.05) is 5.69 Å². The molecule has 0 aromatic carbocycles. The third-order valence-corrected chi connectivity index (χ3v) is 1.93. The van der Waals surface area contributed by atoms with Crippen LogP contribution < -0.4 is 5.32 Å². The van der Waals surface area contributed by atoms with Crippen molar-refractivity contribution in [2.45, 2.75) is 20.0 Å². The van der Waals surface area contributed by atoms with Crippen LogP contribution in [0.25, 0.3) is 0 Å². The minimum absolute atomic E-state index is 0.00428. The van der Waals surface area contributed by atoms with Crippen molar-refractivity contribution in [1.29, 1.82) is 0 Å². The molecule has 18 heavy (non-hydrogen) atoms. The molecule has 0 spiro atoms. The Morgan fingerprint density at radius 2 is 2.11 bits per heavy atom. The number of nitrogens with one attached hydrogen (secondary N) is 1. The van der Waals surface area contributed by atoms with E-state index >= 15 is 0 Å². The summed E-state index contributed by atoms with van der Waals surface area (Å²) >= 11 is 0. The van der Waals surface area contributed by atoms with Gasteiger partial charge in [-0.1, -0.05) is 0 Å². The number of rotatable bonds is 4. The van der Waals surface area contributed by atoms with Crippen molar-refractivity contribution in [1.82, 2.24) is 4.98 Å². The monoisotopic (exact) mass is 262 g/mol. The molecule has 0 saturated carbocycles. The number of aryl methyl sites for hydroxylation is 1. The van der Waals surface area contributed by atoms with E-state index in [1.165, 1.54) is 12.1 Å². The van der Waals surface area contributed by atoms with E-state index in [0.717, 1.165) is 0 Å². The number of nitrogens with zero attached hydrogens (tertiary/aromatic N) is 1. The highest BCUT2D eigenvalue weighted by Crippen LogP contribution is 2.17. The van der Waals surface area contributed by atoms with Crippen LogP contribution in [0.4, 0.5) is 19.0 Å². The van der Waals surface area contributed by atoms with E-state index in [1.54, 1.807) is 13.8 Å². The number of hydrogen-bond donors (Lipinski definition) is 1. The van der Waals surface area contributed by atoms with E-state index in [2.05, 4.69) is 10.3 Å². The second-order valence-electron chi connectivity index (χ2n) is 3.57. The number of alkyl halides is 3. The van der Waals surface area contributed by atoms with E-state index in [4.69, 9.17) is 4.74 Å². The number of aromatic nitrogens is 1. The summed E-state index contributed by atoms with van der Waals surface area (Å²) in [4.78, 5) is 15.3. The predicted octanol–water partition coefficient (Wildman–Crippen LogP) is 2.54. The normalized spacial score (nSPS) is 11.2. The second kappa shape index (κ2) is 5.70. The predicted molar refractivity (Wildman–Crippen MR) is 59.5 cm³/mol. The zero-order valence-corrected chi connectivity index (χ0v) is 9.97. The minimum Gasteiger partial charge on any atom is -0.462 e. The first-order valence-corrected chi connectivity index (χ1v) is 5.28. The van der Waals surface area contributed by atoms with Crippen molar-refractivity contribution >= 4 is 11.8 Å². The molecule has 0 atom stereocenters. The van der Waals surface area contributed by atoms with Gasteiger partial charge in [-0.2, -0.15) is 13.2 Å². The Balaban J connectivity index is 2.84. The van der Waals surface area contributed by atoms with Crippen LogP contribution in [0.1, 0.15) is 23.0 Å². The molecule has 1 heterocycles. The number of esters is 1. The van der Waals surface area contributed by atoms with E-state index in [-0.39, 0.29) is 18.0 Å². The number of hydrogen-bond acceptors (Lipinski definition) is 4. The number of halogens is 3. The molecule has 0 aliphatic heterocycles. The second-order valence-corrected chi connectivity index (χ2v) is 3.57. The van der Waals surface area contributed by atoms with Crippen LogP contribution in [-0.4, -0.2) is 30.3 Å².